The zero-order chi connectivity index (χ0) is 11.5. The molecule has 78 valence electrons. The molecule has 0 aliphatic carbocycles. The summed E-state index contributed by atoms with van der Waals surface area (Å²) in [6.45, 7) is 2.00. The summed E-state index contributed by atoms with van der Waals surface area (Å²) in [5.41, 5.74) is 3.01. The van der Waals surface area contributed by atoms with Crippen molar-refractivity contribution in [1.29, 1.82) is 5.26 Å². The Morgan fingerprint density at radius 1 is 1.31 bits per heavy atom. The Morgan fingerprint density at radius 2 is 2.12 bits per heavy atom. The van der Waals surface area contributed by atoms with Gasteiger partial charge in [0.2, 0.25) is 0 Å². The fourth-order valence-corrected chi connectivity index (χ4v) is 1.50. The summed E-state index contributed by atoms with van der Waals surface area (Å²) >= 11 is 0. The van der Waals surface area contributed by atoms with Crippen molar-refractivity contribution >= 4 is 0 Å². The Balaban J connectivity index is 2.54. The molecule has 0 fully saturated rings. The summed E-state index contributed by atoms with van der Waals surface area (Å²) in [4.78, 5) is 4.10. The van der Waals surface area contributed by atoms with Crippen LogP contribution in [-0.4, -0.2) is 10.1 Å². The molecule has 1 N–H and O–H groups in total. The summed E-state index contributed by atoms with van der Waals surface area (Å²) in [6, 6.07) is 11.4. The molecule has 2 rings (SSSR count). The standard InChI is InChI=1S/C13H10N2O/c1-9-3-2-4-10(5-9)12-6-11(7-14)13(16)8-15-12/h2-6,8,16H,1H3. The van der Waals surface area contributed by atoms with Gasteiger partial charge in [0.1, 0.15) is 6.07 Å². The molecule has 3 nitrogen and oxygen atoms in total. The number of rotatable bonds is 1. The number of hydrogen-bond acceptors (Lipinski definition) is 3. The van der Waals surface area contributed by atoms with Crippen LogP contribution < -0.4 is 0 Å². The van der Waals surface area contributed by atoms with E-state index < -0.39 is 0 Å². The van der Waals surface area contributed by atoms with Crippen molar-refractivity contribution in [2.24, 2.45) is 0 Å². The molecule has 2 aromatic rings. The molecule has 1 aromatic carbocycles. The number of nitrogens with zero attached hydrogens (tertiary/aromatic N) is 2. The number of nitriles is 1. The van der Waals surface area contributed by atoms with Crippen LogP contribution in [0.25, 0.3) is 11.3 Å². The average Bonchev–Trinajstić information content (AvgIpc) is 2.29. The van der Waals surface area contributed by atoms with E-state index >= 15 is 0 Å². The molecule has 0 radical (unpaired) electrons. The third kappa shape index (κ3) is 1.86. The molecule has 0 spiro atoms. The third-order valence-electron chi connectivity index (χ3n) is 2.32. The van der Waals surface area contributed by atoms with Crippen LogP contribution in [0.3, 0.4) is 0 Å². The van der Waals surface area contributed by atoms with Crippen LogP contribution in [-0.2, 0) is 0 Å². The monoisotopic (exact) mass is 210 g/mol. The van der Waals surface area contributed by atoms with Gasteiger partial charge in [-0.2, -0.15) is 5.26 Å². The normalized spacial score (nSPS) is 9.75. The number of benzene rings is 1. The highest BCUT2D eigenvalue weighted by atomic mass is 16.3. The minimum absolute atomic E-state index is 0.0843. The minimum Gasteiger partial charge on any atom is -0.505 e. The molecule has 0 amide bonds. The van der Waals surface area contributed by atoms with Crippen molar-refractivity contribution in [2.45, 2.75) is 6.92 Å². The van der Waals surface area contributed by atoms with Gasteiger partial charge < -0.3 is 5.11 Å². The maximum absolute atomic E-state index is 9.35. The van der Waals surface area contributed by atoms with Crippen molar-refractivity contribution < 1.29 is 5.11 Å². The van der Waals surface area contributed by atoms with Crippen LogP contribution in [0.5, 0.6) is 5.75 Å². The number of aromatic hydroxyl groups is 1. The molecule has 1 heterocycles. The first-order valence-corrected chi connectivity index (χ1v) is 4.87. The SMILES string of the molecule is Cc1cccc(-c2cc(C#N)c(O)cn2)c1. The zero-order valence-corrected chi connectivity index (χ0v) is 8.81. The average molecular weight is 210 g/mol. The summed E-state index contributed by atoms with van der Waals surface area (Å²) in [5, 5.41) is 18.2. The number of pyridine rings is 1. The van der Waals surface area contributed by atoms with E-state index in [9.17, 15) is 5.11 Å². The zero-order valence-electron chi connectivity index (χ0n) is 8.81. The summed E-state index contributed by atoms with van der Waals surface area (Å²) in [7, 11) is 0. The van der Waals surface area contributed by atoms with Crippen molar-refractivity contribution in [3.8, 4) is 23.1 Å². The first-order valence-electron chi connectivity index (χ1n) is 4.87. The third-order valence-corrected chi connectivity index (χ3v) is 2.32. The van der Waals surface area contributed by atoms with E-state index in [0.29, 0.717) is 5.69 Å². The molecular formula is C13H10N2O. The van der Waals surface area contributed by atoms with Crippen LogP contribution in [0.4, 0.5) is 0 Å². The Kier molecular flexibility index (Phi) is 2.57. The molecule has 0 atom stereocenters. The fourth-order valence-electron chi connectivity index (χ4n) is 1.50. The maximum atomic E-state index is 9.35. The van der Waals surface area contributed by atoms with Crippen molar-refractivity contribution in [3.63, 3.8) is 0 Å². The molecule has 0 aliphatic heterocycles. The lowest BCUT2D eigenvalue weighted by molar-refractivity contribution is 0.471. The van der Waals surface area contributed by atoms with Gasteiger partial charge in [0.15, 0.2) is 5.75 Å². The van der Waals surface area contributed by atoms with E-state index in [2.05, 4.69) is 4.98 Å². The second-order valence-corrected chi connectivity index (χ2v) is 3.57. The first kappa shape index (κ1) is 10.2. The van der Waals surface area contributed by atoms with Crippen molar-refractivity contribution in [3.05, 3.63) is 47.7 Å². The van der Waals surface area contributed by atoms with Gasteiger partial charge in [-0.3, -0.25) is 4.98 Å². The second-order valence-electron chi connectivity index (χ2n) is 3.57. The lowest BCUT2D eigenvalue weighted by Gasteiger charge is -2.03. The molecule has 0 saturated heterocycles. The Morgan fingerprint density at radius 3 is 2.81 bits per heavy atom. The first-order chi connectivity index (χ1) is 7.70. The van der Waals surface area contributed by atoms with Crippen molar-refractivity contribution in [2.75, 3.05) is 0 Å². The number of aryl methyl sites for hydroxylation is 1. The molecule has 0 unspecified atom stereocenters. The second kappa shape index (κ2) is 4.03. The van der Waals surface area contributed by atoms with Crippen molar-refractivity contribution in [1.82, 2.24) is 4.98 Å². The summed E-state index contributed by atoms with van der Waals surface area (Å²) in [6.07, 6.45) is 1.30. The van der Waals surface area contributed by atoms with Gasteiger partial charge in [-0.15, -0.1) is 0 Å². The van der Waals surface area contributed by atoms with E-state index in [1.807, 2.05) is 37.3 Å². The highest BCUT2D eigenvalue weighted by molar-refractivity contribution is 5.63. The predicted octanol–water partition coefficient (Wildman–Crippen LogP) is 2.63. The van der Waals surface area contributed by atoms with E-state index in [0.717, 1.165) is 11.1 Å². The van der Waals surface area contributed by atoms with Gasteiger partial charge in [0.05, 0.1) is 17.5 Å². The molecular weight excluding hydrogens is 200 g/mol. The summed E-state index contributed by atoms with van der Waals surface area (Å²) < 4.78 is 0. The fraction of sp³-hybridized carbons (Fsp3) is 0.0769. The predicted molar refractivity (Wildman–Crippen MR) is 60.8 cm³/mol. The molecule has 0 aliphatic rings. The molecule has 0 bridgehead atoms. The number of aromatic nitrogens is 1. The lowest BCUT2D eigenvalue weighted by Crippen LogP contribution is -1.86. The van der Waals surface area contributed by atoms with Gasteiger partial charge in [0.25, 0.3) is 0 Å². The van der Waals surface area contributed by atoms with Crippen LogP contribution in [0.2, 0.25) is 0 Å². The lowest BCUT2D eigenvalue weighted by atomic mass is 10.1. The highest BCUT2D eigenvalue weighted by Crippen LogP contribution is 2.23. The molecule has 16 heavy (non-hydrogen) atoms. The Labute approximate surface area is 93.6 Å². The van der Waals surface area contributed by atoms with Gasteiger partial charge in [0, 0.05) is 5.56 Å². The van der Waals surface area contributed by atoms with Gasteiger partial charge in [-0.25, -0.2) is 0 Å². The minimum atomic E-state index is -0.0843. The van der Waals surface area contributed by atoms with E-state index in [1.54, 1.807) is 6.07 Å². The summed E-state index contributed by atoms with van der Waals surface area (Å²) in [5.74, 6) is -0.0843. The molecule has 0 saturated carbocycles. The van der Waals surface area contributed by atoms with E-state index in [1.165, 1.54) is 6.20 Å². The molecule has 3 heteroatoms. The Bertz CT molecular complexity index is 570. The quantitative estimate of drug-likeness (QED) is 0.787. The van der Waals surface area contributed by atoms with Gasteiger partial charge in [-0.05, 0) is 19.1 Å². The van der Waals surface area contributed by atoms with Crippen LogP contribution in [0.15, 0.2) is 36.5 Å². The van der Waals surface area contributed by atoms with Crippen LogP contribution in [0, 0.1) is 18.3 Å². The van der Waals surface area contributed by atoms with Crippen LogP contribution in [0.1, 0.15) is 11.1 Å². The largest absolute Gasteiger partial charge is 0.505 e. The van der Waals surface area contributed by atoms with Gasteiger partial charge in [-0.1, -0.05) is 23.8 Å². The highest BCUT2D eigenvalue weighted by Gasteiger charge is 2.05. The van der Waals surface area contributed by atoms with Gasteiger partial charge >= 0.3 is 0 Å². The maximum Gasteiger partial charge on any atom is 0.151 e. The topological polar surface area (TPSA) is 56.9 Å². The Hall–Kier alpha value is -2.34. The van der Waals surface area contributed by atoms with E-state index in [4.69, 9.17) is 5.26 Å². The molecule has 1 aromatic heterocycles. The smallest absolute Gasteiger partial charge is 0.151 e. The van der Waals surface area contributed by atoms with E-state index in [-0.39, 0.29) is 11.3 Å². The number of hydrogen-bond donors (Lipinski definition) is 1. The van der Waals surface area contributed by atoms with Crippen LogP contribution >= 0.6 is 0 Å².